The number of aryl methyl sites for hydroxylation is 3. The molecule has 0 radical (unpaired) electrons. The number of benzene rings is 2. The average Bonchev–Trinajstić information content (AvgIpc) is 2.93. The Morgan fingerprint density at radius 2 is 1.71 bits per heavy atom. The maximum atomic E-state index is 13.1. The van der Waals surface area contributed by atoms with Crippen molar-refractivity contribution in [2.45, 2.75) is 39.4 Å². The van der Waals surface area contributed by atoms with Crippen molar-refractivity contribution in [2.24, 2.45) is 0 Å². The van der Waals surface area contributed by atoms with E-state index >= 15 is 0 Å². The average molecular weight is 399 g/mol. The molecule has 2 aliphatic rings. The minimum atomic E-state index is -3.18. The molecule has 6 heteroatoms. The predicted molar refractivity (Wildman–Crippen MR) is 111 cm³/mol. The highest BCUT2D eigenvalue weighted by Crippen LogP contribution is 2.33. The Balaban J connectivity index is 1.68. The lowest BCUT2D eigenvalue weighted by Crippen LogP contribution is -2.61. The van der Waals surface area contributed by atoms with Gasteiger partial charge in [-0.25, -0.2) is 8.42 Å². The molecule has 2 saturated heterocycles. The van der Waals surface area contributed by atoms with Crippen molar-refractivity contribution < 1.29 is 13.2 Å². The summed E-state index contributed by atoms with van der Waals surface area (Å²) in [6.45, 7) is 6.90. The van der Waals surface area contributed by atoms with Crippen LogP contribution in [0.4, 0.5) is 5.69 Å². The highest BCUT2D eigenvalue weighted by Gasteiger charge is 2.49. The molecule has 2 aromatic rings. The Kier molecular flexibility index (Phi) is 4.79. The zero-order valence-electron chi connectivity index (χ0n) is 16.6. The van der Waals surface area contributed by atoms with E-state index < -0.39 is 9.84 Å². The van der Waals surface area contributed by atoms with Crippen LogP contribution in [0.5, 0.6) is 0 Å². The van der Waals surface area contributed by atoms with Gasteiger partial charge in [-0.05, 0) is 49.6 Å². The summed E-state index contributed by atoms with van der Waals surface area (Å²) in [4.78, 5) is 16.9. The van der Waals surface area contributed by atoms with E-state index in [1.807, 2.05) is 62.1 Å². The second kappa shape index (κ2) is 7.01. The summed E-state index contributed by atoms with van der Waals surface area (Å²) in [5, 5.41) is 0. The van der Waals surface area contributed by atoms with Gasteiger partial charge < -0.3 is 4.90 Å². The SMILES string of the molecule is Cc1cccc(CN2CC(=O)N(c3ccc(C)c(C)c3)[C@@H]3CS(=O)(=O)C[C@@H]32)c1. The van der Waals surface area contributed by atoms with Crippen molar-refractivity contribution in [1.82, 2.24) is 4.90 Å². The monoisotopic (exact) mass is 398 g/mol. The van der Waals surface area contributed by atoms with Crippen LogP contribution in [0.25, 0.3) is 0 Å². The van der Waals surface area contributed by atoms with E-state index in [2.05, 4.69) is 6.07 Å². The van der Waals surface area contributed by atoms with Crippen LogP contribution in [0.2, 0.25) is 0 Å². The first kappa shape index (κ1) is 19.2. The van der Waals surface area contributed by atoms with Gasteiger partial charge in [0.1, 0.15) is 0 Å². The minimum absolute atomic E-state index is 0.0284. The fourth-order valence-electron chi connectivity index (χ4n) is 4.39. The van der Waals surface area contributed by atoms with Gasteiger partial charge in [0, 0.05) is 18.3 Å². The minimum Gasteiger partial charge on any atom is -0.306 e. The molecule has 0 unspecified atom stereocenters. The van der Waals surface area contributed by atoms with Crippen molar-refractivity contribution in [3.8, 4) is 0 Å². The van der Waals surface area contributed by atoms with Gasteiger partial charge in [-0.15, -0.1) is 0 Å². The van der Waals surface area contributed by atoms with E-state index in [1.54, 1.807) is 4.90 Å². The molecule has 2 aromatic carbocycles. The number of hydrogen-bond donors (Lipinski definition) is 0. The zero-order chi connectivity index (χ0) is 20.1. The molecule has 0 bridgehead atoms. The molecule has 148 valence electrons. The number of anilines is 1. The molecule has 2 atom stereocenters. The van der Waals surface area contributed by atoms with Crippen molar-refractivity contribution in [3.05, 3.63) is 64.7 Å². The van der Waals surface area contributed by atoms with Crippen LogP contribution in [0.15, 0.2) is 42.5 Å². The molecule has 28 heavy (non-hydrogen) atoms. The fraction of sp³-hybridized carbons (Fsp3) is 0.409. The smallest absolute Gasteiger partial charge is 0.241 e. The van der Waals surface area contributed by atoms with Crippen LogP contribution in [-0.2, 0) is 21.2 Å². The summed E-state index contributed by atoms with van der Waals surface area (Å²) in [6.07, 6.45) is 0. The van der Waals surface area contributed by atoms with Gasteiger partial charge in [0.15, 0.2) is 9.84 Å². The Morgan fingerprint density at radius 1 is 0.964 bits per heavy atom. The van der Waals surface area contributed by atoms with Crippen LogP contribution in [0, 0.1) is 20.8 Å². The molecule has 2 heterocycles. The first-order chi connectivity index (χ1) is 13.2. The van der Waals surface area contributed by atoms with Crippen LogP contribution >= 0.6 is 0 Å². The van der Waals surface area contributed by atoms with Crippen molar-refractivity contribution in [2.75, 3.05) is 23.0 Å². The van der Waals surface area contributed by atoms with Gasteiger partial charge in [-0.2, -0.15) is 0 Å². The molecular formula is C22H26N2O3S. The molecule has 2 aliphatic heterocycles. The lowest BCUT2D eigenvalue weighted by molar-refractivity contribution is -0.123. The highest BCUT2D eigenvalue weighted by molar-refractivity contribution is 7.91. The molecule has 0 spiro atoms. The second-order valence-electron chi connectivity index (χ2n) is 8.14. The number of sulfone groups is 1. The second-order valence-corrected chi connectivity index (χ2v) is 10.3. The highest BCUT2D eigenvalue weighted by atomic mass is 32.2. The molecule has 0 N–H and O–H groups in total. The molecule has 4 rings (SSSR count). The van der Waals surface area contributed by atoms with E-state index in [0.717, 1.165) is 27.9 Å². The summed E-state index contributed by atoms with van der Waals surface area (Å²) in [5.74, 6) is 0.105. The van der Waals surface area contributed by atoms with Gasteiger partial charge in [-0.3, -0.25) is 9.69 Å². The third-order valence-electron chi connectivity index (χ3n) is 5.94. The number of carbonyl (C=O) groups excluding carboxylic acids is 1. The van der Waals surface area contributed by atoms with Gasteiger partial charge >= 0.3 is 0 Å². The summed E-state index contributed by atoms with van der Waals surface area (Å²) in [7, 11) is -3.18. The molecule has 0 saturated carbocycles. The van der Waals surface area contributed by atoms with Crippen molar-refractivity contribution in [3.63, 3.8) is 0 Å². The van der Waals surface area contributed by atoms with Gasteiger partial charge in [0.2, 0.25) is 5.91 Å². The number of fused-ring (bicyclic) bond motifs is 1. The predicted octanol–water partition coefficient (Wildman–Crippen LogP) is 2.63. The largest absolute Gasteiger partial charge is 0.306 e. The number of carbonyl (C=O) groups is 1. The van der Waals surface area contributed by atoms with Gasteiger partial charge in [0.05, 0.1) is 24.1 Å². The lowest BCUT2D eigenvalue weighted by Gasteiger charge is -2.43. The summed E-state index contributed by atoms with van der Waals surface area (Å²) in [6, 6.07) is 13.6. The lowest BCUT2D eigenvalue weighted by atomic mass is 10.0. The fourth-order valence-corrected chi connectivity index (χ4v) is 6.37. The van der Waals surface area contributed by atoms with Gasteiger partial charge in [-0.1, -0.05) is 35.9 Å². The van der Waals surface area contributed by atoms with Crippen LogP contribution < -0.4 is 4.90 Å². The normalized spacial score (nSPS) is 24.4. The number of amides is 1. The van der Waals surface area contributed by atoms with Crippen LogP contribution in [0.3, 0.4) is 0 Å². The zero-order valence-corrected chi connectivity index (χ0v) is 17.4. The Bertz CT molecular complexity index is 1030. The van der Waals surface area contributed by atoms with E-state index in [4.69, 9.17) is 0 Å². The first-order valence-electron chi connectivity index (χ1n) is 9.63. The molecular weight excluding hydrogens is 372 g/mol. The van der Waals surface area contributed by atoms with Crippen LogP contribution in [-0.4, -0.2) is 49.4 Å². The summed E-state index contributed by atoms with van der Waals surface area (Å²) < 4.78 is 25.0. The Labute approximate surface area is 166 Å². The standard InChI is InChI=1S/C22H26N2O3S/c1-15-5-4-6-18(9-15)11-23-12-22(25)24(19-8-7-16(2)17(3)10-19)21-14-28(26,27)13-20(21)23/h4-10,20-21H,11-14H2,1-3H3/t20-,21+/m0/s1. The van der Waals surface area contributed by atoms with Gasteiger partial charge in [0.25, 0.3) is 0 Å². The Hall–Kier alpha value is -2.18. The summed E-state index contributed by atoms with van der Waals surface area (Å²) in [5.41, 5.74) is 5.33. The summed E-state index contributed by atoms with van der Waals surface area (Å²) >= 11 is 0. The number of nitrogens with zero attached hydrogens (tertiary/aromatic N) is 2. The molecule has 2 fully saturated rings. The van der Waals surface area contributed by atoms with E-state index in [9.17, 15) is 13.2 Å². The number of rotatable bonds is 3. The topological polar surface area (TPSA) is 57.7 Å². The molecule has 5 nitrogen and oxygen atoms in total. The maximum Gasteiger partial charge on any atom is 0.241 e. The quantitative estimate of drug-likeness (QED) is 0.798. The Morgan fingerprint density at radius 3 is 2.43 bits per heavy atom. The molecule has 0 aliphatic carbocycles. The van der Waals surface area contributed by atoms with E-state index in [1.165, 1.54) is 0 Å². The third kappa shape index (κ3) is 3.59. The number of piperazine rings is 1. The first-order valence-corrected chi connectivity index (χ1v) is 11.4. The molecule has 1 amide bonds. The third-order valence-corrected chi connectivity index (χ3v) is 7.64. The number of hydrogen-bond acceptors (Lipinski definition) is 4. The maximum absolute atomic E-state index is 13.1. The van der Waals surface area contributed by atoms with E-state index in [-0.39, 0.29) is 36.0 Å². The van der Waals surface area contributed by atoms with Crippen LogP contribution in [0.1, 0.15) is 22.3 Å². The van der Waals surface area contributed by atoms with E-state index in [0.29, 0.717) is 6.54 Å². The van der Waals surface area contributed by atoms with Crippen molar-refractivity contribution in [1.29, 1.82) is 0 Å². The molecule has 0 aromatic heterocycles. The van der Waals surface area contributed by atoms with Crippen molar-refractivity contribution >= 4 is 21.4 Å².